The average molecular weight is 469 g/mol. The summed E-state index contributed by atoms with van der Waals surface area (Å²) in [5, 5.41) is 8.26. The van der Waals surface area contributed by atoms with E-state index in [1.54, 1.807) is 11.8 Å². The number of benzene rings is 1. The fraction of sp³-hybridized carbons (Fsp3) is 0.560. The molecule has 0 radical (unpaired) electrons. The SMILES string of the molecule is CCOC(=O)[C@@H]1CCCN(C(=O)CCc2nnc(-c3cccc(OCC4CCC4)c3)[nH]c2=O)C1. The van der Waals surface area contributed by atoms with Crippen molar-refractivity contribution in [2.45, 2.75) is 51.9 Å². The molecule has 1 saturated heterocycles. The van der Waals surface area contributed by atoms with E-state index in [9.17, 15) is 14.4 Å². The number of piperidine rings is 1. The molecule has 1 aromatic heterocycles. The van der Waals surface area contributed by atoms with E-state index >= 15 is 0 Å². The number of hydrogen-bond acceptors (Lipinski definition) is 7. The van der Waals surface area contributed by atoms with Gasteiger partial charge in [0.2, 0.25) is 5.91 Å². The van der Waals surface area contributed by atoms with Crippen molar-refractivity contribution in [1.29, 1.82) is 0 Å². The summed E-state index contributed by atoms with van der Waals surface area (Å²) in [4.78, 5) is 41.7. The van der Waals surface area contributed by atoms with Crippen molar-refractivity contribution in [3.8, 4) is 17.1 Å². The zero-order chi connectivity index (χ0) is 23.9. The van der Waals surface area contributed by atoms with Crippen LogP contribution in [0.3, 0.4) is 0 Å². The Morgan fingerprint density at radius 3 is 2.76 bits per heavy atom. The van der Waals surface area contributed by atoms with Crippen LogP contribution < -0.4 is 10.3 Å². The van der Waals surface area contributed by atoms with Crippen molar-refractivity contribution in [2.24, 2.45) is 11.8 Å². The molecule has 4 rings (SSSR count). The molecule has 1 aromatic carbocycles. The predicted molar refractivity (Wildman–Crippen MR) is 125 cm³/mol. The lowest BCUT2D eigenvalue weighted by molar-refractivity contribution is -0.151. The molecule has 1 saturated carbocycles. The van der Waals surface area contributed by atoms with Crippen LogP contribution in [-0.2, 0) is 20.7 Å². The van der Waals surface area contributed by atoms with Gasteiger partial charge in [-0.2, -0.15) is 0 Å². The molecule has 9 heteroatoms. The molecule has 0 spiro atoms. The normalized spacial score (nSPS) is 18.3. The summed E-state index contributed by atoms with van der Waals surface area (Å²) in [6.45, 7) is 3.77. The third kappa shape index (κ3) is 6.01. The Kier molecular flexibility index (Phi) is 7.92. The number of hydrogen-bond donors (Lipinski definition) is 1. The highest BCUT2D eigenvalue weighted by Crippen LogP contribution is 2.28. The zero-order valence-electron chi connectivity index (χ0n) is 19.6. The van der Waals surface area contributed by atoms with Crippen LogP contribution >= 0.6 is 0 Å². The highest BCUT2D eigenvalue weighted by Gasteiger charge is 2.29. The van der Waals surface area contributed by atoms with Gasteiger partial charge in [0.05, 0.1) is 19.1 Å². The highest BCUT2D eigenvalue weighted by molar-refractivity contribution is 5.78. The maximum absolute atomic E-state index is 12.7. The Morgan fingerprint density at radius 2 is 2.03 bits per heavy atom. The van der Waals surface area contributed by atoms with Crippen molar-refractivity contribution in [1.82, 2.24) is 20.1 Å². The van der Waals surface area contributed by atoms with E-state index in [1.165, 1.54) is 19.3 Å². The van der Waals surface area contributed by atoms with Gasteiger partial charge in [-0.3, -0.25) is 14.4 Å². The molecule has 0 bridgehead atoms. The standard InChI is InChI=1S/C25H32N4O5/c1-2-33-25(32)19-9-5-13-29(15-19)22(30)12-11-21-24(31)26-23(28-27-21)18-8-4-10-20(14-18)34-16-17-6-3-7-17/h4,8,10,14,17,19H,2-3,5-7,9,11-13,15-16H2,1H3,(H,26,28,31)/t19-/m1/s1. The summed E-state index contributed by atoms with van der Waals surface area (Å²) in [7, 11) is 0. The van der Waals surface area contributed by atoms with Crippen LogP contribution in [0.25, 0.3) is 11.4 Å². The number of carbonyl (C=O) groups excluding carboxylic acids is 2. The summed E-state index contributed by atoms with van der Waals surface area (Å²) >= 11 is 0. The quantitative estimate of drug-likeness (QED) is 0.563. The van der Waals surface area contributed by atoms with E-state index in [0.717, 1.165) is 24.2 Å². The van der Waals surface area contributed by atoms with Crippen molar-refractivity contribution in [3.05, 3.63) is 40.3 Å². The second-order valence-corrected chi connectivity index (χ2v) is 9.02. The number of likely N-dealkylation sites (tertiary alicyclic amines) is 1. The van der Waals surface area contributed by atoms with Gasteiger partial charge in [0.15, 0.2) is 5.82 Å². The van der Waals surface area contributed by atoms with E-state index < -0.39 is 0 Å². The first kappa shape index (κ1) is 23.9. The Balaban J connectivity index is 1.33. The fourth-order valence-electron chi connectivity index (χ4n) is 4.30. The molecule has 9 nitrogen and oxygen atoms in total. The lowest BCUT2D eigenvalue weighted by Gasteiger charge is -2.31. The summed E-state index contributed by atoms with van der Waals surface area (Å²) in [6.07, 6.45) is 5.51. The molecular weight excluding hydrogens is 436 g/mol. The molecule has 0 unspecified atom stereocenters. The number of esters is 1. The van der Waals surface area contributed by atoms with Crippen LogP contribution in [0.1, 0.15) is 51.1 Å². The second kappa shape index (κ2) is 11.3. The number of H-pyrrole nitrogens is 1. The van der Waals surface area contributed by atoms with E-state index in [0.29, 0.717) is 38.0 Å². The summed E-state index contributed by atoms with van der Waals surface area (Å²) in [5.74, 6) is 1.10. The Morgan fingerprint density at radius 1 is 1.18 bits per heavy atom. The van der Waals surface area contributed by atoms with Crippen LogP contribution in [0.4, 0.5) is 0 Å². The molecule has 2 aliphatic rings. The van der Waals surface area contributed by atoms with Crippen molar-refractivity contribution >= 4 is 11.9 Å². The minimum Gasteiger partial charge on any atom is -0.493 e. The molecule has 1 aliphatic heterocycles. The molecule has 2 heterocycles. The molecule has 2 fully saturated rings. The highest BCUT2D eigenvalue weighted by atomic mass is 16.5. The smallest absolute Gasteiger partial charge is 0.310 e. The lowest BCUT2D eigenvalue weighted by Crippen LogP contribution is -2.43. The molecule has 182 valence electrons. The number of nitrogens with zero attached hydrogens (tertiary/aromatic N) is 3. The van der Waals surface area contributed by atoms with Gasteiger partial charge in [0.1, 0.15) is 11.4 Å². The monoisotopic (exact) mass is 468 g/mol. The van der Waals surface area contributed by atoms with Gasteiger partial charge < -0.3 is 19.4 Å². The van der Waals surface area contributed by atoms with E-state index in [1.807, 2.05) is 24.3 Å². The number of aromatic nitrogens is 3. The lowest BCUT2D eigenvalue weighted by atomic mass is 9.86. The zero-order valence-corrected chi connectivity index (χ0v) is 19.6. The first-order valence-electron chi connectivity index (χ1n) is 12.2. The third-order valence-electron chi connectivity index (χ3n) is 6.55. The number of ether oxygens (including phenoxy) is 2. The second-order valence-electron chi connectivity index (χ2n) is 9.02. The topological polar surface area (TPSA) is 114 Å². The van der Waals surface area contributed by atoms with E-state index in [4.69, 9.17) is 9.47 Å². The van der Waals surface area contributed by atoms with Crippen LogP contribution in [0.15, 0.2) is 29.1 Å². The Hall–Kier alpha value is -3.23. The summed E-state index contributed by atoms with van der Waals surface area (Å²) < 4.78 is 11.0. The van der Waals surface area contributed by atoms with Crippen LogP contribution in [0.2, 0.25) is 0 Å². The van der Waals surface area contributed by atoms with Gasteiger partial charge in [-0.25, -0.2) is 0 Å². The van der Waals surface area contributed by atoms with E-state index in [2.05, 4.69) is 15.2 Å². The van der Waals surface area contributed by atoms with Gasteiger partial charge in [-0.15, -0.1) is 10.2 Å². The number of rotatable bonds is 9. The molecule has 2 aromatic rings. The summed E-state index contributed by atoms with van der Waals surface area (Å²) in [6, 6.07) is 7.44. The van der Waals surface area contributed by atoms with E-state index in [-0.39, 0.29) is 41.9 Å². The number of aromatic amines is 1. The Bertz CT molecular complexity index is 1070. The number of carbonyl (C=O) groups is 2. The molecule has 34 heavy (non-hydrogen) atoms. The first-order valence-corrected chi connectivity index (χ1v) is 12.2. The van der Waals surface area contributed by atoms with Gasteiger partial charge in [-0.1, -0.05) is 18.6 Å². The summed E-state index contributed by atoms with van der Waals surface area (Å²) in [5.41, 5.74) is 0.576. The van der Waals surface area contributed by atoms with Crippen LogP contribution in [-0.4, -0.2) is 58.3 Å². The third-order valence-corrected chi connectivity index (χ3v) is 6.55. The van der Waals surface area contributed by atoms with Gasteiger partial charge in [0.25, 0.3) is 5.56 Å². The van der Waals surface area contributed by atoms with Crippen LogP contribution in [0.5, 0.6) is 5.75 Å². The molecular formula is C25H32N4O5. The van der Waals surface area contributed by atoms with Gasteiger partial charge in [-0.05, 0) is 50.7 Å². The number of aryl methyl sites for hydroxylation is 1. The minimum absolute atomic E-state index is 0.101. The number of nitrogens with one attached hydrogen (secondary N) is 1. The van der Waals surface area contributed by atoms with Crippen molar-refractivity contribution in [2.75, 3.05) is 26.3 Å². The number of amides is 1. The van der Waals surface area contributed by atoms with Crippen molar-refractivity contribution in [3.63, 3.8) is 0 Å². The maximum Gasteiger partial charge on any atom is 0.310 e. The Labute approximate surface area is 198 Å². The molecule has 1 atom stereocenters. The van der Waals surface area contributed by atoms with Gasteiger partial charge >= 0.3 is 5.97 Å². The van der Waals surface area contributed by atoms with Crippen molar-refractivity contribution < 1.29 is 19.1 Å². The molecule has 1 amide bonds. The van der Waals surface area contributed by atoms with Gasteiger partial charge in [0, 0.05) is 31.5 Å². The van der Waals surface area contributed by atoms with Crippen LogP contribution in [0, 0.1) is 11.8 Å². The maximum atomic E-state index is 12.7. The molecule has 1 aliphatic carbocycles. The minimum atomic E-state index is -0.360. The predicted octanol–water partition coefficient (Wildman–Crippen LogP) is 2.75. The average Bonchev–Trinajstić information content (AvgIpc) is 2.82. The molecule has 1 N–H and O–H groups in total. The fourth-order valence-corrected chi connectivity index (χ4v) is 4.30. The largest absolute Gasteiger partial charge is 0.493 e. The first-order chi connectivity index (χ1) is 16.5.